The number of aromatic nitrogens is 2. The van der Waals surface area contributed by atoms with Crippen LogP contribution in [0.5, 0.6) is 0 Å². The zero-order valence-corrected chi connectivity index (χ0v) is 11.3. The van der Waals surface area contributed by atoms with Gasteiger partial charge < -0.3 is 4.74 Å². The fourth-order valence-corrected chi connectivity index (χ4v) is 2.63. The number of ether oxygens (including phenoxy) is 1. The highest BCUT2D eigenvalue weighted by molar-refractivity contribution is 7.89. The lowest BCUT2D eigenvalue weighted by atomic mass is 10.1. The predicted molar refractivity (Wildman–Crippen MR) is 66.1 cm³/mol. The highest BCUT2D eigenvalue weighted by Crippen LogP contribution is 2.12. The fourth-order valence-electron chi connectivity index (χ4n) is 1.34. The van der Waals surface area contributed by atoms with Crippen molar-refractivity contribution in [3.05, 3.63) is 12.4 Å². The van der Waals surface area contributed by atoms with E-state index in [0.717, 1.165) is 0 Å². The van der Waals surface area contributed by atoms with E-state index in [4.69, 9.17) is 10.6 Å². The summed E-state index contributed by atoms with van der Waals surface area (Å²) in [5, 5.41) is 0. The number of anilines is 1. The highest BCUT2D eigenvalue weighted by Gasteiger charge is 2.26. The molecule has 8 nitrogen and oxygen atoms in total. The Morgan fingerprint density at radius 3 is 2.39 bits per heavy atom. The molecule has 0 bridgehead atoms. The summed E-state index contributed by atoms with van der Waals surface area (Å²) in [5.41, 5.74) is 1.49. The van der Waals surface area contributed by atoms with Gasteiger partial charge in [-0.15, -0.1) is 0 Å². The van der Waals surface area contributed by atoms with E-state index in [1.165, 1.54) is 19.5 Å². The summed E-state index contributed by atoms with van der Waals surface area (Å²) < 4.78 is 31.5. The van der Waals surface area contributed by atoms with Crippen LogP contribution in [-0.4, -0.2) is 37.6 Å². The molecule has 0 fully saturated rings. The molecule has 0 saturated carbocycles. The summed E-state index contributed by atoms with van der Waals surface area (Å²) in [6, 6.07) is 0. The highest BCUT2D eigenvalue weighted by atomic mass is 32.2. The number of hydrogen-bond acceptors (Lipinski definition) is 7. The van der Waals surface area contributed by atoms with Crippen molar-refractivity contribution in [1.82, 2.24) is 14.7 Å². The maximum atomic E-state index is 12.0. The first-order valence-electron chi connectivity index (χ1n) is 5.12. The van der Waals surface area contributed by atoms with Gasteiger partial charge in [0.15, 0.2) is 0 Å². The van der Waals surface area contributed by atoms with Gasteiger partial charge in [0.1, 0.15) is 4.90 Å². The van der Waals surface area contributed by atoms with Crippen LogP contribution >= 0.6 is 0 Å². The minimum Gasteiger partial charge on any atom is -0.383 e. The van der Waals surface area contributed by atoms with Gasteiger partial charge in [0.2, 0.25) is 16.0 Å². The minimum atomic E-state index is -3.69. The van der Waals surface area contributed by atoms with Crippen molar-refractivity contribution in [1.29, 1.82) is 0 Å². The summed E-state index contributed by atoms with van der Waals surface area (Å²) >= 11 is 0. The number of nitrogens with one attached hydrogen (secondary N) is 2. The summed E-state index contributed by atoms with van der Waals surface area (Å²) in [4.78, 5) is 7.45. The van der Waals surface area contributed by atoms with E-state index < -0.39 is 15.6 Å². The lowest BCUT2D eigenvalue weighted by Gasteiger charge is -2.24. The normalized spacial score (nSPS) is 12.4. The van der Waals surface area contributed by atoms with Crippen LogP contribution in [-0.2, 0) is 14.8 Å². The summed E-state index contributed by atoms with van der Waals surface area (Å²) in [6.45, 7) is 3.67. The molecule has 0 aliphatic rings. The van der Waals surface area contributed by atoms with Gasteiger partial charge in [-0.3, -0.25) is 5.43 Å². The maximum absolute atomic E-state index is 12.0. The van der Waals surface area contributed by atoms with Crippen molar-refractivity contribution < 1.29 is 13.2 Å². The van der Waals surface area contributed by atoms with E-state index in [1.807, 2.05) is 0 Å². The SMILES string of the molecule is COCC(C)(C)NS(=O)(=O)c1cnc(NN)nc1. The second kappa shape index (κ2) is 5.57. The second-order valence-corrected chi connectivity index (χ2v) is 5.99. The first-order valence-corrected chi connectivity index (χ1v) is 6.60. The van der Waals surface area contributed by atoms with E-state index >= 15 is 0 Å². The molecule has 1 heterocycles. The molecule has 0 atom stereocenters. The van der Waals surface area contributed by atoms with E-state index in [9.17, 15) is 8.42 Å². The quantitative estimate of drug-likeness (QED) is 0.471. The molecule has 4 N–H and O–H groups in total. The molecular weight excluding hydrogens is 258 g/mol. The van der Waals surface area contributed by atoms with E-state index in [1.54, 1.807) is 13.8 Å². The molecule has 18 heavy (non-hydrogen) atoms. The second-order valence-electron chi connectivity index (χ2n) is 4.31. The van der Waals surface area contributed by atoms with Crippen LogP contribution in [0.4, 0.5) is 5.95 Å². The number of sulfonamides is 1. The number of nitrogen functional groups attached to an aromatic ring is 1. The van der Waals surface area contributed by atoms with Crippen LogP contribution in [0.3, 0.4) is 0 Å². The molecule has 0 aliphatic heterocycles. The van der Waals surface area contributed by atoms with Gasteiger partial charge in [-0.05, 0) is 13.8 Å². The molecule has 9 heteroatoms. The molecule has 0 spiro atoms. The average molecular weight is 275 g/mol. The van der Waals surface area contributed by atoms with Gasteiger partial charge in [0, 0.05) is 7.11 Å². The lowest BCUT2D eigenvalue weighted by molar-refractivity contribution is 0.141. The summed E-state index contributed by atoms with van der Waals surface area (Å²) in [5.74, 6) is 5.24. The Kier molecular flexibility index (Phi) is 4.57. The standard InChI is InChI=1S/C9H17N5O3S/c1-9(2,6-17-3)14-18(15,16)7-4-11-8(13-10)12-5-7/h4-5,14H,6,10H2,1-3H3,(H,11,12,13). The first kappa shape index (κ1) is 14.8. The van der Waals surface area contributed by atoms with Gasteiger partial charge in [0.05, 0.1) is 24.5 Å². The smallest absolute Gasteiger partial charge is 0.244 e. The van der Waals surface area contributed by atoms with Crippen LogP contribution in [0, 0.1) is 0 Å². The fraction of sp³-hybridized carbons (Fsp3) is 0.556. The van der Waals surface area contributed by atoms with E-state index in [2.05, 4.69) is 20.1 Å². The van der Waals surface area contributed by atoms with Crippen LogP contribution in [0.15, 0.2) is 17.3 Å². The Bertz CT molecular complexity index is 485. The molecule has 1 rings (SSSR count). The average Bonchev–Trinajstić information content (AvgIpc) is 2.27. The van der Waals surface area contributed by atoms with Gasteiger partial charge in [-0.25, -0.2) is 29.0 Å². The Morgan fingerprint density at radius 2 is 1.94 bits per heavy atom. The number of hydrogen-bond donors (Lipinski definition) is 3. The number of nitrogens with two attached hydrogens (primary N) is 1. The molecule has 0 amide bonds. The molecule has 0 aliphatic carbocycles. The molecule has 0 unspecified atom stereocenters. The van der Waals surface area contributed by atoms with Gasteiger partial charge in [-0.1, -0.05) is 0 Å². The van der Waals surface area contributed by atoms with Crippen molar-refractivity contribution >= 4 is 16.0 Å². The molecule has 0 saturated heterocycles. The summed E-state index contributed by atoms with van der Waals surface area (Å²) in [6.07, 6.45) is 2.35. The molecule has 0 radical (unpaired) electrons. The number of hydrazine groups is 1. The Labute approximate surface area is 106 Å². The molecule has 1 aromatic heterocycles. The Balaban J connectivity index is 2.92. The number of rotatable bonds is 6. The zero-order valence-electron chi connectivity index (χ0n) is 10.5. The van der Waals surface area contributed by atoms with Crippen LogP contribution < -0.4 is 16.0 Å². The number of nitrogens with zero attached hydrogens (tertiary/aromatic N) is 2. The maximum Gasteiger partial charge on any atom is 0.244 e. The van der Waals surface area contributed by atoms with Crippen molar-refractivity contribution in [3.63, 3.8) is 0 Å². The summed E-state index contributed by atoms with van der Waals surface area (Å²) in [7, 11) is -2.19. The molecule has 102 valence electrons. The minimum absolute atomic E-state index is 0.0364. The predicted octanol–water partition coefficient (Wildman–Crippen LogP) is -0.534. The topological polar surface area (TPSA) is 119 Å². The van der Waals surface area contributed by atoms with Crippen LogP contribution in [0.25, 0.3) is 0 Å². The van der Waals surface area contributed by atoms with Crippen LogP contribution in [0.1, 0.15) is 13.8 Å². The Hall–Kier alpha value is -1.29. The van der Waals surface area contributed by atoms with Crippen molar-refractivity contribution in [2.75, 3.05) is 19.1 Å². The van der Waals surface area contributed by atoms with Crippen LogP contribution in [0.2, 0.25) is 0 Å². The zero-order chi connectivity index (χ0) is 13.8. The van der Waals surface area contributed by atoms with E-state index in [-0.39, 0.29) is 17.5 Å². The number of methoxy groups -OCH3 is 1. The monoisotopic (exact) mass is 275 g/mol. The first-order chi connectivity index (χ1) is 8.30. The van der Waals surface area contributed by atoms with Crippen molar-refractivity contribution in [2.45, 2.75) is 24.3 Å². The Morgan fingerprint density at radius 1 is 1.39 bits per heavy atom. The van der Waals surface area contributed by atoms with Gasteiger partial charge in [-0.2, -0.15) is 0 Å². The van der Waals surface area contributed by atoms with Gasteiger partial charge in [0.25, 0.3) is 0 Å². The lowest BCUT2D eigenvalue weighted by Crippen LogP contribution is -2.46. The third-order valence-electron chi connectivity index (χ3n) is 1.98. The van der Waals surface area contributed by atoms with E-state index in [0.29, 0.717) is 0 Å². The van der Waals surface area contributed by atoms with Crippen molar-refractivity contribution in [2.24, 2.45) is 5.84 Å². The third kappa shape index (κ3) is 3.88. The largest absolute Gasteiger partial charge is 0.383 e. The van der Waals surface area contributed by atoms with Crippen molar-refractivity contribution in [3.8, 4) is 0 Å². The molecule has 0 aromatic carbocycles. The molecule has 1 aromatic rings. The molecular formula is C9H17N5O3S. The third-order valence-corrected chi connectivity index (χ3v) is 3.64. The van der Waals surface area contributed by atoms with Gasteiger partial charge >= 0.3 is 0 Å².